The number of ether oxygens (including phenoxy) is 1. The van der Waals surface area contributed by atoms with Crippen LogP contribution in [-0.4, -0.2) is 18.3 Å². The molecule has 196 valence electrons. The minimum atomic E-state index is -0.474. The summed E-state index contributed by atoms with van der Waals surface area (Å²) in [7, 11) is 1.65. The molecule has 2 heterocycles. The molecule has 0 unspecified atom stereocenters. The second-order valence-corrected chi connectivity index (χ2v) is 9.11. The highest BCUT2D eigenvalue weighted by Crippen LogP contribution is 2.35. The predicted octanol–water partition coefficient (Wildman–Crippen LogP) is 6.41. The molecule has 7 heteroatoms. The standard InChI is InChI=1S/C32H30N4O3/c1-3-25-15-10-16-33-31(25)35-34-20-27-17-26-18-30(38-2)28(19-29(26)39-32(27)37)36(21-23-11-6-4-7-12-23)22-24-13-8-5-9-14-24/h4-20H,3,21-22H2,1-2H3,(H,33,35)/b34-20+. The van der Waals surface area contributed by atoms with E-state index in [9.17, 15) is 4.79 Å². The number of hydrogen-bond donors (Lipinski definition) is 1. The number of pyridine rings is 1. The zero-order chi connectivity index (χ0) is 27.0. The molecule has 0 aliphatic rings. The number of anilines is 2. The smallest absolute Gasteiger partial charge is 0.345 e. The average Bonchev–Trinajstić information content (AvgIpc) is 2.98. The van der Waals surface area contributed by atoms with Crippen LogP contribution in [-0.2, 0) is 19.5 Å². The first-order chi connectivity index (χ1) is 19.1. The zero-order valence-electron chi connectivity index (χ0n) is 22.0. The summed E-state index contributed by atoms with van der Waals surface area (Å²) in [5.41, 5.74) is 7.45. The molecule has 1 N–H and O–H groups in total. The molecule has 7 nitrogen and oxygen atoms in total. The molecule has 0 spiro atoms. The van der Waals surface area contributed by atoms with Gasteiger partial charge in [0.15, 0.2) is 0 Å². The number of methoxy groups -OCH3 is 1. The number of benzene rings is 3. The minimum absolute atomic E-state index is 0.323. The van der Waals surface area contributed by atoms with Crippen LogP contribution in [0.3, 0.4) is 0 Å². The van der Waals surface area contributed by atoms with Crippen LogP contribution in [0.25, 0.3) is 11.0 Å². The SMILES string of the molecule is CCc1cccnc1N/N=C/c1cc2cc(OC)c(N(Cc3ccccc3)Cc3ccccc3)cc2oc1=O. The van der Waals surface area contributed by atoms with Crippen molar-refractivity contribution in [1.82, 2.24) is 4.98 Å². The van der Waals surface area contributed by atoms with Crippen molar-refractivity contribution in [2.45, 2.75) is 26.4 Å². The molecule has 0 amide bonds. The molecule has 0 radical (unpaired) electrons. The average molecular weight is 519 g/mol. The van der Waals surface area contributed by atoms with E-state index in [1.165, 1.54) is 6.21 Å². The maximum atomic E-state index is 12.9. The lowest BCUT2D eigenvalue weighted by Gasteiger charge is -2.27. The van der Waals surface area contributed by atoms with Crippen LogP contribution in [0.15, 0.2) is 112 Å². The molecule has 0 aliphatic heterocycles. The monoisotopic (exact) mass is 518 g/mol. The molecular weight excluding hydrogens is 488 g/mol. The Hall–Kier alpha value is -4.91. The lowest BCUT2D eigenvalue weighted by atomic mass is 10.1. The Morgan fingerprint density at radius 1 is 0.949 bits per heavy atom. The van der Waals surface area contributed by atoms with E-state index in [4.69, 9.17) is 9.15 Å². The fraction of sp³-hybridized carbons (Fsp3) is 0.156. The number of aryl methyl sites for hydroxylation is 1. The molecular formula is C32H30N4O3. The van der Waals surface area contributed by atoms with Gasteiger partial charge in [0.05, 0.1) is 24.6 Å². The number of nitrogens with zero attached hydrogens (tertiary/aromatic N) is 3. The van der Waals surface area contributed by atoms with E-state index in [-0.39, 0.29) is 0 Å². The third-order valence-electron chi connectivity index (χ3n) is 6.48. The van der Waals surface area contributed by atoms with Crippen molar-refractivity contribution in [1.29, 1.82) is 0 Å². The van der Waals surface area contributed by atoms with Crippen LogP contribution < -0.4 is 20.7 Å². The van der Waals surface area contributed by atoms with E-state index in [0.29, 0.717) is 35.8 Å². The van der Waals surface area contributed by atoms with Gasteiger partial charge in [-0.1, -0.05) is 73.7 Å². The third kappa shape index (κ3) is 6.15. The van der Waals surface area contributed by atoms with Crippen molar-refractivity contribution in [3.63, 3.8) is 0 Å². The van der Waals surface area contributed by atoms with Crippen LogP contribution in [0.1, 0.15) is 29.2 Å². The second-order valence-electron chi connectivity index (χ2n) is 9.11. The van der Waals surface area contributed by atoms with Gasteiger partial charge in [-0.25, -0.2) is 9.78 Å². The highest BCUT2D eigenvalue weighted by molar-refractivity contribution is 5.90. The zero-order valence-corrected chi connectivity index (χ0v) is 22.0. The normalized spacial score (nSPS) is 11.1. The van der Waals surface area contributed by atoms with Crippen molar-refractivity contribution < 1.29 is 9.15 Å². The summed E-state index contributed by atoms with van der Waals surface area (Å²) >= 11 is 0. The Kier molecular flexibility index (Phi) is 7.98. The molecule has 0 bridgehead atoms. The van der Waals surface area contributed by atoms with Crippen LogP contribution >= 0.6 is 0 Å². The van der Waals surface area contributed by atoms with E-state index in [1.807, 2.05) is 67.6 Å². The van der Waals surface area contributed by atoms with E-state index in [0.717, 1.165) is 34.2 Å². The maximum absolute atomic E-state index is 12.9. The summed E-state index contributed by atoms with van der Waals surface area (Å²) in [5.74, 6) is 1.34. The van der Waals surface area contributed by atoms with Crippen molar-refractivity contribution in [2.24, 2.45) is 5.10 Å². The molecule has 5 aromatic rings. The molecule has 0 aliphatic carbocycles. The number of aromatic nitrogens is 1. The fourth-order valence-electron chi connectivity index (χ4n) is 4.47. The number of hydrazone groups is 1. The number of nitrogens with one attached hydrogen (secondary N) is 1. The predicted molar refractivity (Wildman–Crippen MR) is 157 cm³/mol. The first kappa shape index (κ1) is 25.7. The molecule has 5 rings (SSSR count). The van der Waals surface area contributed by atoms with Gasteiger partial charge in [-0.05, 0) is 41.3 Å². The lowest BCUT2D eigenvalue weighted by molar-refractivity contribution is 0.414. The Morgan fingerprint density at radius 3 is 2.28 bits per heavy atom. The van der Waals surface area contributed by atoms with Crippen LogP contribution in [0, 0.1) is 0 Å². The lowest BCUT2D eigenvalue weighted by Crippen LogP contribution is -2.22. The number of rotatable bonds is 10. The van der Waals surface area contributed by atoms with Crippen LogP contribution in [0.5, 0.6) is 5.75 Å². The molecule has 39 heavy (non-hydrogen) atoms. The summed E-state index contributed by atoms with van der Waals surface area (Å²) in [6.45, 7) is 3.36. The van der Waals surface area contributed by atoms with Gasteiger partial charge in [0, 0.05) is 30.7 Å². The molecule has 0 saturated carbocycles. The maximum Gasteiger partial charge on any atom is 0.345 e. The first-order valence-corrected chi connectivity index (χ1v) is 12.9. The quantitative estimate of drug-likeness (QED) is 0.131. The number of fused-ring (bicyclic) bond motifs is 1. The summed E-state index contributed by atoms with van der Waals surface area (Å²) in [6, 6.07) is 29.9. The summed E-state index contributed by atoms with van der Waals surface area (Å²) in [4.78, 5) is 19.4. The Bertz CT molecular complexity index is 1590. The van der Waals surface area contributed by atoms with Crippen LogP contribution in [0.4, 0.5) is 11.5 Å². The van der Waals surface area contributed by atoms with Gasteiger partial charge in [0.2, 0.25) is 0 Å². The Labute approximate surface area is 227 Å². The highest BCUT2D eigenvalue weighted by Gasteiger charge is 2.17. The summed E-state index contributed by atoms with van der Waals surface area (Å²) in [6.07, 6.45) is 3.97. The van der Waals surface area contributed by atoms with Gasteiger partial charge in [0.1, 0.15) is 17.2 Å². The second kappa shape index (κ2) is 12.1. The van der Waals surface area contributed by atoms with E-state index < -0.39 is 5.63 Å². The molecule has 3 aromatic carbocycles. The molecule has 0 atom stereocenters. The van der Waals surface area contributed by atoms with Crippen LogP contribution in [0.2, 0.25) is 0 Å². The Balaban J connectivity index is 1.49. The van der Waals surface area contributed by atoms with Gasteiger partial charge in [-0.15, -0.1) is 0 Å². The molecule has 0 fully saturated rings. The van der Waals surface area contributed by atoms with E-state index >= 15 is 0 Å². The molecule has 0 saturated heterocycles. The van der Waals surface area contributed by atoms with Gasteiger partial charge < -0.3 is 14.1 Å². The van der Waals surface area contributed by atoms with Crippen molar-refractivity contribution >= 4 is 28.7 Å². The highest BCUT2D eigenvalue weighted by atomic mass is 16.5. The topological polar surface area (TPSA) is 80.0 Å². The van der Waals surface area contributed by atoms with E-state index in [2.05, 4.69) is 44.7 Å². The number of hydrogen-bond acceptors (Lipinski definition) is 7. The summed E-state index contributed by atoms with van der Waals surface area (Å²) in [5, 5.41) is 4.97. The van der Waals surface area contributed by atoms with Crippen molar-refractivity contribution in [3.05, 3.63) is 130 Å². The van der Waals surface area contributed by atoms with Crippen molar-refractivity contribution in [2.75, 3.05) is 17.4 Å². The van der Waals surface area contributed by atoms with Crippen molar-refractivity contribution in [3.8, 4) is 5.75 Å². The minimum Gasteiger partial charge on any atom is -0.495 e. The Morgan fingerprint density at radius 2 is 1.64 bits per heavy atom. The van der Waals surface area contributed by atoms with E-state index in [1.54, 1.807) is 19.4 Å². The summed E-state index contributed by atoms with van der Waals surface area (Å²) < 4.78 is 11.6. The third-order valence-corrected chi connectivity index (χ3v) is 6.48. The largest absolute Gasteiger partial charge is 0.495 e. The van der Waals surface area contributed by atoms with Gasteiger partial charge in [-0.2, -0.15) is 5.10 Å². The van der Waals surface area contributed by atoms with Gasteiger partial charge >= 0.3 is 5.63 Å². The molecule has 2 aromatic heterocycles. The van der Waals surface area contributed by atoms with Gasteiger partial charge in [-0.3, -0.25) is 5.43 Å². The fourth-order valence-corrected chi connectivity index (χ4v) is 4.47. The first-order valence-electron chi connectivity index (χ1n) is 12.9. The van der Waals surface area contributed by atoms with Gasteiger partial charge in [0.25, 0.3) is 0 Å².